The molecule has 0 atom stereocenters. The Morgan fingerprint density at radius 2 is 1.92 bits per heavy atom. The molecule has 0 unspecified atom stereocenters. The molecule has 124 valence electrons. The highest BCUT2D eigenvalue weighted by Crippen LogP contribution is 2.24. The van der Waals surface area contributed by atoms with Gasteiger partial charge in [0.15, 0.2) is 5.16 Å². The summed E-state index contributed by atoms with van der Waals surface area (Å²) in [6.45, 7) is 0.525. The van der Waals surface area contributed by atoms with Gasteiger partial charge in [-0.15, -0.1) is 0 Å². The SMILES string of the molecule is OCc1cn(Cc2ccc(Cl)cc2)c(SCc2cccc(F)c2)n1. The highest BCUT2D eigenvalue weighted by atomic mass is 35.5. The van der Waals surface area contributed by atoms with Crippen molar-refractivity contribution in [1.82, 2.24) is 9.55 Å². The Morgan fingerprint density at radius 1 is 1.12 bits per heavy atom. The van der Waals surface area contributed by atoms with Crippen LogP contribution in [0.15, 0.2) is 59.9 Å². The van der Waals surface area contributed by atoms with E-state index in [1.165, 1.54) is 23.9 Å². The number of aromatic nitrogens is 2. The molecular weight excluding hydrogens is 347 g/mol. The van der Waals surface area contributed by atoms with Crippen molar-refractivity contribution in [3.63, 3.8) is 0 Å². The summed E-state index contributed by atoms with van der Waals surface area (Å²) in [5.41, 5.74) is 2.60. The molecule has 3 rings (SSSR count). The van der Waals surface area contributed by atoms with Gasteiger partial charge in [-0.3, -0.25) is 0 Å². The second-order valence-corrected chi connectivity index (χ2v) is 6.72. The standard InChI is InChI=1S/C18H16ClFN2OS/c19-15-6-4-13(5-7-15)9-22-10-17(11-23)21-18(22)24-12-14-2-1-3-16(20)8-14/h1-8,10,23H,9,11-12H2. The highest BCUT2D eigenvalue weighted by Gasteiger charge is 2.09. The van der Waals surface area contributed by atoms with Gasteiger partial charge in [0.1, 0.15) is 5.82 Å². The van der Waals surface area contributed by atoms with Crippen LogP contribution in [0.25, 0.3) is 0 Å². The Hall–Kier alpha value is -1.82. The van der Waals surface area contributed by atoms with Crippen molar-refractivity contribution in [2.45, 2.75) is 24.1 Å². The van der Waals surface area contributed by atoms with Crippen LogP contribution >= 0.6 is 23.4 Å². The van der Waals surface area contributed by atoms with Crippen LogP contribution in [0.1, 0.15) is 16.8 Å². The van der Waals surface area contributed by atoms with E-state index in [9.17, 15) is 9.50 Å². The van der Waals surface area contributed by atoms with Crippen molar-refractivity contribution in [2.75, 3.05) is 0 Å². The molecule has 1 N–H and O–H groups in total. The summed E-state index contributed by atoms with van der Waals surface area (Å²) >= 11 is 7.43. The molecule has 3 nitrogen and oxygen atoms in total. The number of hydrogen-bond acceptors (Lipinski definition) is 3. The number of nitrogens with zero attached hydrogens (tertiary/aromatic N) is 2. The Labute approximate surface area is 149 Å². The number of thioether (sulfide) groups is 1. The third-order valence-corrected chi connectivity index (χ3v) is 4.79. The maximum atomic E-state index is 13.3. The molecule has 6 heteroatoms. The summed E-state index contributed by atoms with van der Waals surface area (Å²) < 4.78 is 15.3. The van der Waals surface area contributed by atoms with E-state index < -0.39 is 0 Å². The van der Waals surface area contributed by atoms with Crippen LogP contribution in [0.4, 0.5) is 4.39 Å². The fourth-order valence-corrected chi connectivity index (χ4v) is 3.38. The Bertz CT molecular complexity index is 820. The van der Waals surface area contributed by atoms with Crippen molar-refractivity contribution < 1.29 is 9.50 Å². The number of benzene rings is 2. The Balaban J connectivity index is 1.76. The lowest BCUT2D eigenvalue weighted by atomic mass is 10.2. The molecule has 2 aromatic carbocycles. The fraction of sp³-hybridized carbons (Fsp3) is 0.167. The molecule has 0 saturated heterocycles. The van der Waals surface area contributed by atoms with Gasteiger partial charge in [0.25, 0.3) is 0 Å². The van der Waals surface area contributed by atoms with E-state index in [1.54, 1.807) is 6.07 Å². The minimum atomic E-state index is -0.242. The molecule has 1 aromatic heterocycles. The summed E-state index contributed by atoms with van der Waals surface area (Å²) in [6.07, 6.45) is 1.84. The summed E-state index contributed by atoms with van der Waals surface area (Å²) in [6, 6.07) is 14.1. The zero-order valence-corrected chi connectivity index (χ0v) is 14.4. The maximum absolute atomic E-state index is 13.3. The zero-order valence-electron chi connectivity index (χ0n) is 12.8. The van der Waals surface area contributed by atoms with Crippen molar-refractivity contribution in [1.29, 1.82) is 0 Å². The van der Waals surface area contributed by atoms with Crippen LogP contribution in [-0.4, -0.2) is 14.7 Å². The molecular formula is C18H16ClFN2OS. The summed E-state index contributed by atoms with van der Waals surface area (Å²) in [5, 5.41) is 10.8. The molecule has 1 heterocycles. The first kappa shape index (κ1) is 17.0. The van der Waals surface area contributed by atoms with Crippen molar-refractivity contribution in [2.24, 2.45) is 0 Å². The summed E-state index contributed by atoms with van der Waals surface area (Å²) in [7, 11) is 0. The molecule has 0 aliphatic rings. The smallest absolute Gasteiger partial charge is 0.168 e. The molecule has 0 radical (unpaired) electrons. The molecule has 0 aliphatic carbocycles. The first-order valence-electron chi connectivity index (χ1n) is 7.42. The molecule has 0 aliphatic heterocycles. The Morgan fingerprint density at radius 3 is 2.62 bits per heavy atom. The number of aliphatic hydroxyl groups is 1. The topological polar surface area (TPSA) is 38.0 Å². The van der Waals surface area contributed by atoms with Crippen LogP contribution in [0, 0.1) is 5.82 Å². The molecule has 3 aromatic rings. The second-order valence-electron chi connectivity index (χ2n) is 5.35. The van der Waals surface area contributed by atoms with Gasteiger partial charge in [-0.1, -0.05) is 47.6 Å². The maximum Gasteiger partial charge on any atom is 0.168 e. The predicted octanol–water partition coefficient (Wildman–Crippen LogP) is 4.51. The lowest BCUT2D eigenvalue weighted by molar-refractivity contribution is 0.277. The van der Waals surface area contributed by atoms with E-state index in [-0.39, 0.29) is 12.4 Å². The first-order chi connectivity index (χ1) is 11.6. The quantitative estimate of drug-likeness (QED) is 0.656. The molecule has 0 bridgehead atoms. The average molecular weight is 363 g/mol. The average Bonchev–Trinajstić information content (AvgIpc) is 2.97. The lowest BCUT2D eigenvalue weighted by Gasteiger charge is -2.08. The van der Waals surface area contributed by atoms with Gasteiger partial charge < -0.3 is 9.67 Å². The Kier molecular flexibility index (Phi) is 5.56. The van der Waals surface area contributed by atoms with Gasteiger partial charge >= 0.3 is 0 Å². The van der Waals surface area contributed by atoms with Crippen molar-refractivity contribution in [3.05, 3.63) is 82.4 Å². The van der Waals surface area contributed by atoms with E-state index in [0.717, 1.165) is 16.3 Å². The normalized spacial score (nSPS) is 11.0. The van der Waals surface area contributed by atoms with Gasteiger partial charge in [0.05, 0.1) is 12.3 Å². The van der Waals surface area contributed by atoms with Gasteiger partial charge in [-0.05, 0) is 35.4 Å². The van der Waals surface area contributed by atoms with E-state index in [4.69, 9.17) is 11.6 Å². The highest BCUT2D eigenvalue weighted by molar-refractivity contribution is 7.98. The van der Waals surface area contributed by atoms with Gasteiger partial charge in [-0.25, -0.2) is 9.37 Å². The molecule has 0 saturated carbocycles. The van der Waals surface area contributed by atoms with Gasteiger partial charge in [0, 0.05) is 23.5 Å². The van der Waals surface area contributed by atoms with E-state index in [0.29, 0.717) is 23.0 Å². The minimum absolute atomic E-state index is 0.110. The third kappa shape index (κ3) is 4.38. The number of hydrogen-bond donors (Lipinski definition) is 1. The van der Waals surface area contributed by atoms with Gasteiger partial charge in [0.2, 0.25) is 0 Å². The van der Waals surface area contributed by atoms with Crippen molar-refractivity contribution >= 4 is 23.4 Å². The largest absolute Gasteiger partial charge is 0.390 e. The van der Waals surface area contributed by atoms with Crippen molar-refractivity contribution in [3.8, 4) is 0 Å². The van der Waals surface area contributed by atoms with Crippen LogP contribution in [0.3, 0.4) is 0 Å². The molecule has 24 heavy (non-hydrogen) atoms. The predicted molar refractivity (Wildman–Crippen MR) is 94.7 cm³/mol. The summed E-state index contributed by atoms with van der Waals surface area (Å²) in [5.74, 6) is 0.369. The number of aliphatic hydroxyl groups excluding tert-OH is 1. The van der Waals surface area contributed by atoms with Crippen LogP contribution < -0.4 is 0 Å². The number of rotatable bonds is 6. The number of halogens is 2. The summed E-state index contributed by atoms with van der Waals surface area (Å²) in [4.78, 5) is 4.44. The fourth-order valence-electron chi connectivity index (χ4n) is 2.32. The zero-order chi connectivity index (χ0) is 16.9. The van der Waals surface area contributed by atoms with E-state index in [2.05, 4.69) is 4.98 Å². The third-order valence-electron chi connectivity index (χ3n) is 3.47. The van der Waals surface area contributed by atoms with Crippen LogP contribution in [0.5, 0.6) is 0 Å². The first-order valence-corrected chi connectivity index (χ1v) is 8.79. The van der Waals surface area contributed by atoms with E-state index >= 15 is 0 Å². The van der Waals surface area contributed by atoms with E-state index in [1.807, 2.05) is 41.1 Å². The minimum Gasteiger partial charge on any atom is -0.390 e. The molecule has 0 amide bonds. The number of imidazole rings is 1. The lowest BCUT2D eigenvalue weighted by Crippen LogP contribution is -2.00. The monoisotopic (exact) mass is 362 g/mol. The van der Waals surface area contributed by atoms with Gasteiger partial charge in [-0.2, -0.15) is 0 Å². The second kappa shape index (κ2) is 7.83. The molecule has 0 spiro atoms. The molecule has 0 fully saturated rings. The van der Waals surface area contributed by atoms with Crippen LogP contribution in [-0.2, 0) is 18.9 Å². The van der Waals surface area contributed by atoms with Crippen LogP contribution in [0.2, 0.25) is 5.02 Å².